The first-order valence-corrected chi connectivity index (χ1v) is 29.1. The highest BCUT2D eigenvalue weighted by atomic mass is 16.7. The van der Waals surface area contributed by atoms with E-state index in [1.807, 2.05) is 6.08 Å². The van der Waals surface area contributed by atoms with E-state index in [0.717, 1.165) is 38.5 Å². The second-order valence-electron chi connectivity index (χ2n) is 20.4. The van der Waals surface area contributed by atoms with Gasteiger partial charge in [-0.1, -0.05) is 256 Å². The van der Waals surface area contributed by atoms with Crippen molar-refractivity contribution >= 4 is 5.91 Å². The lowest BCUT2D eigenvalue weighted by Crippen LogP contribution is -2.60. The molecule has 1 amide bonds. The Morgan fingerprint density at radius 1 is 0.493 bits per heavy atom. The molecule has 9 nitrogen and oxygen atoms in total. The van der Waals surface area contributed by atoms with E-state index in [9.17, 15) is 30.3 Å². The van der Waals surface area contributed by atoms with Crippen LogP contribution in [0.2, 0.25) is 0 Å². The van der Waals surface area contributed by atoms with Crippen LogP contribution in [0, 0.1) is 0 Å². The highest BCUT2D eigenvalue weighted by Crippen LogP contribution is 2.23. The zero-order valence-corrected chi connectivity index (χ0v) is 43.9. The maximum atomic E-state index is 13.1. The van der Waals surface area contributed by atoms with Crippen LogP contribution in [0.5, 0.6) is 0 Å². The van der Waals surface area contributed by atoms with E-state index in [1.54, 1.807) is 6.08 Å². The summed E-state index contributed by atoms with van der Waals surface area (Å²) in [5, 5.41) is 54.5. The van der Waals surface area contributed by atoms with Gasteiger partial charge in [0.05, 0.1) is 25.4 Å². The minimum atomic E-state index is -1.57. The Kier molecular flexibility index (Phi) is 45.9. The third kappa shape index (κ3) is 38.1. The molecule has 0 bridgehead atoms. The lowest BCUT2D eigenvalue weighted by molar-refractivity contribution is -0.302. The minimum Gasteiger partial charge on any atom is -0.394 e. The Morgan fingerprint density at radius 3 is 1.21 bits per heavy atom. The Bertz CT molecular complexity index is 1100. The van der Waals surface area contributed by atoms with Gasteiger partial charge in [0.25, 0.3) is 0 Å². The number of aliphatic hydroxyl groups excluding tert-OH is 5. The molecule has 67 heavy (non-hydrogen) atoms. The third-order valence-corrected chi connectivity index (χ3v) is 14.0. The summed E-state index contributed by atoms with van der Waals surface area (Å²) in [6.45, 7) is 3.81. The van der Waals surface area contributed by atoms with E-state index in [2.05, 4.69) is 31.3 Å². The van der Waals surface area contributed by atoms with E-state index < -0.39 is 49.5 Å². The predicted octanol–water partition coefficient (Wildman–Crippen LogP) is 14.2. The summed E-state index contributed by atoms with van der Waals surface area (Å²) in [5.41, 5.74) is 0. The van der Waals surface area contributed by atoms with Crippen molar-refractivity contribution in [1.82, 2.24) is 5.32 Å². The molecule has 1 heterocycles. The molecule has 0 saturated carbocycles. The Labute approximate surface area is 413 Å². The van der Waals surface area contributed by atoms with Crippen molar-refractivity contribution in [3.63, 3.8) is 0 Å². The molecular formula is C58H111NO8. The first-order chi connectivity index (χ1) is 32.8. The van der Waals surface area contributed by atoms with Crippen LogP contribution in [0.3, 0.4) is 0 Å². The second kappa shape index (κ2) is 48.3. The highest BCUT2D eigenvalue weighted by molar-refractivity contribution is 5.76. The number of allylic oxidation sites excluding steroid dienone is 3. The van der Waals surface area contributed by atoms with Gasteiger partial charge in [-0.05, 0) is 44.9 Å². The lowest BCUT2D eigenvalue weighted by Gasteiger charge is -2.40. The summed E-state index contributed by atoms with van der Waals surface area (Å²) >= 11 is 0. The minimum absolute atomic E-state index is 0.177. The summed E-state index contributed by atoms with van der Waals surface area (Å²) in [7, 11) is 0. The zero-order chi connectivity index (χ0) is 48.7. The third-order valence-electron chi connectivity index (χ3n) is 14.0. The van der Waals surface area contributed by atoms with Gasteiger partial charge in [-0.25, -0.2) is 0 Å². The van der Waals surface area contributed by atoms with Gasteiger partial charge in [-0.2, -0.15) is 0 Å². The van der Waals surface area contributed by atoms with Gasteiger partial charge >= 0.3 is 0 Å². The maximum absolute atomic E-state index is 13.1. The first-order valence-electron chi connectivity index (χ1n) is 29.1. The van der Waals surface area contributed by atoms with Crippen molar-refractivity contribution in [2.75, 3.05) is 13.2 Å². The monoisotopic (exact) mass is 950 g/mol. The van der Waals surface area contributed by atoms with Crippen molar-refractivity contribution in [3.8, 4) is 0 Å². The number of aliphatic hydroxyl groups is 5. The predicted molar refractivity (Wildman–Crippen MR) is 281 cm³/mol. The molecule has 7 atom stereocenters. The molecule has 9 heteroatoms. The van der Waals surface area contributed by atoms with Gasteiger partial charge < -0.3 is 40.3 Å². The second-order valence-corrected chi connectivity index (χ2v) is 20.4. The van der Waals surface area contributed by atoms with Crippen LogP contribution in [0.4, 0.5) is 0 Å². The van der Waals surface area contributed by atoms with Crippen LogP contribution in [0.1, 0.15) is 284 Å². The highest BCUT2D eigenvalue weighted by Gasteiger charge is 2.44. The van der Waals surface area contributed by atoms with Crippen LogP contribution in [0.25, 0.3) is 0 Å². The number of unbranched alkanes of at least 4 members (excludes halogenated alkanes) is 38. The fourth-order valence-electron chi connectivity index (χ4n) is 9.39. The lowest BCUT2D eigenvalue weighted by atomic mass is 9.99. The van der Waals surface area contributed by atoms with Crippen LogP contribution < -0.4 is 5.32 Å². The number of rotatable bonds is 50. The molecule has 1 saturated heterocycles. The van der Waals surface area contributed by atoms with Crippen molar-refractivity contribution in [2.24, 2.45) is 0 Å². The molecule has 7 unspecified atom stereocenters. The van der Waals surface area contributed by atoms with Crippen LogP contribution in [-0.2, 0) is 14.3 Å². The van der Waals surface area contributed by atoms with Gasteiger partial charge in [0.2, 0.25) is 5.91 Å². The molecule has 0 aromatic carbocycles. The van der Waals surface area contributed by atoms with E-state index >= 15 is 0 Å². The van der Waals surface area contributed by atoms with Gasteiger partial charge in [0.1, 0.15) is 24.4 Å². The number of carbonyl (C=O) groups excluding carboxylic acids is 1. The SMILES string of the molecule is CCCCCCCCCCCCC/C=C\CCCCCCCCCC(=O)NC(COC1OC(CO)C(O)C(O)C1O)C(O)/C=C/CCCCCCCCCCCCCCCCCCCCCC. The van der Waals surface area contributed by atoms with Gasteiger partial charge in [-0.3, -0.25) is 4.79 Å². The number of hydrogen-bond acceptors (Lipinski definition) is 8. The number of hydrogen-bond donors (Lipinski definition) is 6. The molecule has 0 spiro atoms. The largest absolute Gasteiger partial charge is 0.394 e. The molecule has 1 aliphatic rings. The first kappa shape index (κ1) is 63.7. The fourth-order valence-corrected chi connectivity index (χ4v) is 9.39. The Morgan fingerprint density at radius 2 is 0.836 bits per heavy atom. The van der Waals surface area contributed by atoms with E-state index in [-0.39, 0.29) is 12.5 Å². The van der Waals surface area contributed by atoms with Gasteiger partial charge in [0.15, 0.2) is 6.29 Å². The Hall–Kier alpha value is -1.33. The quantitative estimate of drug-likeness (QED) is 0.0261. The average molecular weight is 951 g/mol. The number of ether oxygens (including phenoxy) is 2. The summed E-state index contributed by atoms with van der Waals surface area (Å²) in [6, 6.07) is -0.806. The van der Waals surface area contributed by atoms with Gasteiger partial charge in [-0.15, -0.1) is 0 Å². The topological polar surface area (TPSA) is 149 Å². The van der Waals surface area contributed by atoms with Gasteiger partial charge in [0, 0.05) is 6.42 Å². The normalized spacial score (nSPS) is 19.8. The summed E-state index contributed by atoms with van der Waals surface area (Å²) in [6.07, 6.45) is 53.8. The molecule has 0 aromatic heterocycles. The van der Waals surface area contributed by atoms with E-state index in [1.165, 1.54) is 225 Å². The molecule has 0 aliphatic carbocycles. The van der Waals surface area contributed by atoms with Crippen molar-refractivity contribution < 1.29 is 39.8 Å². The fraction of sp³-hybridized carbons (Fsp3) is 0.914. The molecule has 1 fully saturated rings. The molecule has 1 rings (SSSR count). The molecule has 0 radical (unpaired) electrons. The summed E-state index contributed by atoms with van der Waals surface area (Å²) < 4.78 is 11.3. The number of amides is 1. The Balaban J connectivity index is 2.23. The van der Waals surface area contributed by atoms with Crippen molar-refractivity contribution in [3.05, 3.63) is 24.3 Å². The van der Waals surface area contributed by atoms with E-state index in [4.69, 9.17) is 9.47 Å². The molecule has 1 aliphatic heterocycles. The van der Waals surface area contributed by atoms with E-state index in [0.29, 0.717) is 6.42 Å². The van der Waals surface area contributed by atoms with Crippen LogP contribution in [0.15, 0.2) is 24.3 Å². The molecule has 0 aromatic rings. The molecule has 396 valence electrons. The summed E-state index contributed by atoms with van der Waals surface area (Å²) in [4.78, 5) is 13.1. The number of nitrogens with one attached hydrogen (secondary N) is 1. The average Bonchev–Trinajstić information content (AvgIpc) is 3.33. The van der Waals surface area contributed by atoms with Crippen LogP contribution in [-0.4, -0.2) is 87.5 Å². The maximum Gasteiger partial charge on any atom is 0.220 e. The zero-order valence-electron chi connectivity index (χ0n) is 43.9. The summed E-state index contributed by atoms with van der Waals surface area (Å²) in [5.74, 6) is -0.177. The smallest absolute Gasteiger partial charge is 0.220 e. The molecule has 6 N–H and O–H groups in total. The standard InChI is InChI=1S/C58H111NO8/c1-3-5-7-9-11-13-15-17-19-21-23-25-27-29-31-33-35-37-39-41-43-45-47-52(61)51(50-66-58-57(65)56(64)55(63)53(49-60)67-58)59-54(62)48-46-44-42-40-38-36-34-32-30-28-26-24-22-20-18-16-14-12-10-8-6-4-2/h28,30,45,47,51-53,55-58,60-61,63-65H,3-27,29,31-44,46,48-50H2,1-2H3,(H,59,62)/b30-28-,47-45+. The van der Waals surface area contributed by atoms with Crippen molar-refractivity contribution in [1.29, 1.82) is 0 Å². The molecular weight excluding hydrogens is 839 g/mol. The van der Waals surface area contributed by atoms with Crippen LogP contribution >= 0.6 is 0 Å². The number of carbonyl (C=O) groups is 1. The van der Waals surface area contributed by atoms with Crippen molar-refractivity contribution in [2.45, 2.75) is 326 Å².